The quantitative estimate of drug-likeness (QED) is 0.668. The molecule has 0 aliphatic rings. The van der Waals surface area contributed by atoms with Gasteiger partial charge in [-0.3, -0.25) is 4.79 Å². The second-order valence-electron chi connectivity index (χ2n) is 4.06. The molecule has 0 spiro atoms. The highest BCUT2D eigenvalue weighted by atomic mass is 32.1. The lowest BCUT2D eigenvalue weighted by molar-refractivity contribution is -0.119. The summed E-state index contributed by atoms with van der Waals surface area (Å²) in [7, 11) is 0. The third-order valence-corrected chi connectivity index (χ3v) is 2.56. The van der Waals surface area contributed by atoms with Gasteiger partial charge in [-0.05, 0) is 18.1 Å². The predicted molar refractivity (Wildman–Crippen MR) is 71.6 cm³/mol. The fraction of sp³-hybridized carbons (Fsp3) is 0.364. The van der Waals surface area contributed by atoms with E-state index in [-0.39, 0.29) is 10.9 Å². The molecule has 0 aliphatic carbocycles. The van der Waals surface area contributed by atoms with Crippen LogP contribution in [0.15, 0.2) is 18.3 Å². The zero-order valence-electron chi connectivity index (χ0n) is 9.81. The average molecular weight is 252 g/mol. The first-order chi connectivity index (χ1) is 7.91. The van der Waals surface area contributed by atoms with Crippen molar-refractivity contribution in [3.05, 3.63) is 23.9 Å². The van der Waals surface area contributed by atoms with E-state index in [0.29, 0.717) is 11.4 Å². The topological polar surface area (TPSA) is 94.0 Å². The van der Waals surface area contributed by atoms with Crippen LogP contribution < -0.4 is 16.8 Å². The summed E-state index contributed by atoms with van der Waals surface area (Å²) in [5.74, 6) is 0.193. The summed E-state index contributed by atoms with van der Waals surface area (Å²) in [6.07, 6.45) is 1.58. The number of nitrogens with one attached hydrogen (secondary N) is 1. The molecular weight excluding hydrogens is 236 g/mol. The van der Waals surface area contributed by atoms with Crippen molar-refractivity contribution in [3.63, 3.8) is 0 Å². The Morgan fingerprint density at radius 2 is 2.12 bits per heavy atom. The van der Waals surface area contributed by atoms with Crippen LogP contribution in [-0.2, 0) is 4.79 Å². The van der Waals surface area contributed by atoms with Crippen LogP contribution in [0.25, 0.3) is 0 Å². The summed E-state index contributed by atoms with van der Waals surface area (Å²) < 4.78 is 0. The molecule has 17 heavy (non-hydrogen) atoms. The lowest BCUT2D eigenvalue weighted by atomic mass is 10.0. The SMILES string of the molecule is CC(C)C(Nc1cc(C(N)=S)ccn1)C(N)=O. The van der Waals surface area contributed by atoms with Gasteiger partial charge in [0.2, 0.25) is 5.91 Å². The van der Waals surface area contributed by atoms with E-state index in [1.54, 1.807) is 18.3 Å². The molecule has 1 atom stereocenters. The highest BCUT2D eigenvalue weighted by molar-refractivity contribution is 7.80. The number of nitrogens with zero attached hydrogens (tertiary/aromatic N) is 1. The fourth-order valence-corrected chi connectivity index (χ4v) is 1.52. The molecule has 1 aromatic rings. The van der Waals surface area contributed by atoms with Crippen molar-refractivity contribution in [2.24, 2.45) is 17.4 Å². The highest BCUT2D eigenvalue weighted by Gasteiger charge is 2.19. The third-order valence-electron chi connectivity index (χ3n) is 2.32. The maximum Gasteiger partial charge on any atom is 0.240 e. The molecule has 5 N–H and O–H groups in total. The molecule has 1 aromatic heterocycles. The van der Waals surface area contributed by atoms with Crippen molar-refractivity contribution < 1.29 is 4.79 Å². The van der Waals surface area contributed by atoms with E-state index < -0.39 is 11.9 Å². The molecular formula is C11H16N4OS. The average Bonchev–Trinajstić information content (AvgIpc) is 2.25. The van der Waals surface area contributed by atoms with Gasteiger partial charge in [-0.1, -0.05) is 26.1 Å². The number of carbonyl (C=O) groups is 1. The summed E-state index contributed by atoms with van der Waals surface area (Å²) in [6, 6.07) is 2.94. The number of amides is 1. The van der Waals surface area contributed by atoms with Crippen LogP contribution in [0.4, 0.5) is 5.82 Å². The minimum absolute atomic E-state index is 0.0720. The van der Waals surface area contributed by atoms with Gasteiger partial charge >= 0.3 is 0 Å². The molecule has 1 heterocycles. The molecule has 0 fully saturated rings. The number of hydrogen-bond donors (Lipinski definition) is 3. The zero-order chi connectivity index (χ0) is 13.0. The van der Waals surface area contributed by atoms with E-state index in [4.69, 9.17) is 23.7 Å². The molecule has 92 valence electrons. The van der Waals surface area contributed by atoms with Gasteiger partial charge in [-0.2, -0.15) is 0 Å². The Hall–Kier alpha value is -1.69. The van der Waals surface area contributed by atoms with Crippen LogP contribution in [0.5, 0.6) is 0 Å². The van der Waals surface area contributed by atoms with Gasteiger partial charge in [0.25, 0.3) is 0 Å². The second-order valence-corrected chi connectivity index (χ2v) is 4.50. The van der Waals surface area contributed by atoms with Crippen LogP contribution in [0, 0.1) is 5.92 Å². The summed E-state index contributed by atoms with van der Waals surface area (Å²) in [5.41, 5.74) is 11.5. The first kappa shape index (κ1) is 13.4. The van der Waals surface area contributed by atoms with E-state index in [1.165, 1.54) is 0 Å². The van der Waals surface area contributed by atoms with Crippen LogP contribution in [-0.4, -0.2) is 21.9 Å². The van der Waals surface area contributed by atoms with Crippen LogP contribution in [0.1, 0.15) is 19.4 Å². The van der Waals surface area contributed by atoms with Crippen LogP contribution in [0.2, 0.25) is 0 Å². The molecule has 6 heteroatoms. The summed E-state index contributed by atoms with van der Waals surface area (Å²) in [5, 5.41) is 2.97. The first-order valence-corrected chi connectivity index (χ1v) is 5.64. The third kappa shape index (κ3) is 3.67. The number of thiocarbonyl (C=S) groups is 1. The van der Waals surface area contributed by atoms with Gasteiger partial charge in [-0.15, -0.1) is 0 Å². The number of rotatable bonds is 5. The van der Waals surface area contributed by atoms with Crippen molar-refractivity contribution in [1.82, 2.24) is 4.98 Å². The van der Waals surface area contributed by atoms with Crippen molar-refractivity contribution in [3.8, 4) is 0 Å². The Bertz CT molecular complexity index is 433. The number of hydrogen-bond acceptors (Lipinski definition) is 4. The minimum atomic E-state index is -0.468. The monoisotopic (exact) mass is 252 g/mol. The molecule has 0 saturated carbocycles. The maximum absolute atomic E-state index is 11.2. The Labute approximate surface area is 106 Å². The number of anilines is 1. The number of aromatic nitrogens is 1. The normalized spacial score (nSPS) is 12.2. The van der Waals surface area contributed by atoms with E-state index in [9.17, 15) is 4.79 Å². The van der Waals surface area contributed by atoms with Gasteiger partial charge in [0.15, 0.2) is 0 Å². The summed E-state index contributed by atoms with van der Waals surface area (Å²) in [4.78, 5) is 15.6. The van der Waals surface area contributed by atoms with Crippen molar-refractivity contribution >= 4 is 28.9 Å². The number of pyridine rings is 1. The smallest absolute Gasteiger partial charge is 0.240 e. The number of nitrogens with two attached hydrogens (primary N) is 2. The molecule has 1 amide bonds. The van der Waals surface area contributed by atoms with Gasteiger partial charge in [0.05, 0.1) is 0 Å². The standard InChI is InChI=1S/C11H16N4OS/c1-6(2)9(10(12)16)15-8-5-7(11(13)17)3-4-14-8/h3-6,9H,1-2H3,(H2,12,16)(H2,13,17)(H,14,15). The lowest BCUT2D eigenvalue weighted by Crippen LogP contribution is -2.39. The van der Waals surface area contributed by atoms with Gasteiger partial charge in [0, 0.05) is 11.8 Å². The molecule has 0 radical (unpaired) electrons. The summed E-state index contributed by atoms with van der Waals surface area (Å²) >= 11 is 4.87. The van der Waals surface area contributed by atoms with Crippen molar-refractivity contribution in [2.45, 2.75) is 19.9 Å². The van der Waals surface area contributed by atoms with E-state index in [2.05, 4.69) is 10.3 Å². The second kappa shape index (κ2) is 5.58. The maximum atomic E-state index is 11.2. The number of carbonyl (C=O) groups excluding carboxylic acids is 1. The van der Waals surface area contributed by atoms with E-state index >= 15 is 0 Å². The first-order valence-electron chi connectivity index (χ1n) is 5.23. The summed E-state index contributed by atoms with van der Waals surface area (Å²) in [6.45, 7) is 3.81. The minimum Gasteiger partial charge on any atom is -0.389 e. The van der Waals surface area contributed by atoms with Gasteiger partial charge < -0.3 is 16.8 Å². The number of primary amides is 1. The molecule has 5 nitrogen and oxygen atoms in total. The van der Waals surface area contributed by atoms with Gasteiger partial charge in [0.1, 0.15) is 16.8 Å². The van der Waals surface area contributed by atoms with Crippen molar-refractivity contribution in [1.29, 1.82) is 0 Å². The lowest BCUT2D eigenvalue weighted by Gasteiger charge is -2.19. The Morgan fingerprint density at radius 3 is 2.59 bits per heavy atom. The molecule has 0 aromatic carbocycles. The molecule has 0 aliphatic heterocycles. The molecule has 1 rings (SSSR count). The highest BCUT2D eigenvalue weighted by Crippen LogP contribution is 2.12. The molecule has 0 saturated heterocycles. The van der Waals surface area contributed by atoms with Gasteiger partial charge in [-0.25, -0.2) is 4.98 Å². The predicted octanol–water partition coefficient (Wildman–Crippen LogP) is 0.638. The van der Waals surface area contributed by atoms with Crippen molar-refractivity contribution in [2.75, 3.05) is 5.32 Å². The van der Waals surface area contributed by atoms with Crippen LogP contribution >= 0.6 is 12.2 Å². The zero-order valence-corrected chi connectivity index (χ0v) is 10.6. The molecule has 1 unspecified atom stereocenters. The Balaban J connectivity index is 2.90. The fourth-order valence-electron chi connectivity index (χ4n) is 1.39. The Morgan fingerprint density at radius 1 is 1.47 bits per heavy atom. The van der Waals surface area contributed by atoms with E-state index in [1.807, 2.05) is 13.8 Å². The largest absolute Gasteiger partial charge is 0.389 e. The van der Waals surface area contributed by atoms with Crippen LogP contribution in [0.3, 0.4) is 0 Å². The van der Waals surface area contributed by atoms with E-state index in [0.717, 1.165) is 0 Å². The molecule has 0 bridgehead atoms. The Kier molecular flexibility index (Phi) is 4.39.